The number of carboxylic acids is 1. The van der Waals surface area contributed by atoms with E-state index in [2.05, 4.69) is 35.7 Å². The van der Waals surface area contributed by atoms with Crippen molar-refractivity contribution in [1.82, 2.24) is 40.6 Å². The molecular weight excluding hydrogens is 676 g/mol. The molecule has 6 heterocycles. The number of carbonyl (C=O) groups excluding carboxylic acids is 3. The van der Waals surface area contributed by atoms with Crippen molar-refractivity contribution in [2.45, 2.75) is 83.7 Å². The van der Waals surface area contributed by atoms with Crippen molar-refractivity contribution in [2.75, 3.05) is 26.2 Å². The average molecular weight is 725 g/mol. The smallest absolute Gasteiger partial charge is 0.410 e. The van der Waals surface area contributed by atoms with Gasteiger partial charge in [-0.15, -0.1) is 0 Å². The van der Waals surface area contributed by atoms with Gasteiger partial charge in [-0.2, -0.15) is 20.4 Å². The Hall–Kier alpha value is -5.50. The van der Waals surface area contributed by atoms with Gasteiger partial charge in [-0.25, -0.2) is 4.79 Å². The Morgan fingerprint density at radius 1 is 0.736 bits per heavy atom. The number of carbonyl (C=O) groups is 4. The van der Waals surface area contributed by atoms with Gasteiger partial charge in [0, 0.05) is 75.0 Å². The lowest BCUT2D eigenvalue weighted by atomic mass is 10.0. The summed E-state index contributed by atoms with van der Waals surface area (Å²) in [4.78, 5) is 55.4. The van der Waals surface area contributed by atoms with E-state index in [0.717, 1.165) is 61.3 Å². The minimum atomic E-state index is -0.833. The second kappa shape index (κ2) is 19.9. The maximum absolute atomic E-state index is 12.2. The van der Waals surface area contributed by atoms with Gasteiger partial charge >= 0.3 is 6.09 Å². The Morgan fingerprint density at radius 3 is 1.66 bits per heavy atom. The Balaban J connectivity index is 0.000000222. The SMILES string of the molecule is CC(=O)O.CC(C)(C)OC(=O)N1CC[C@@H](c2ccc(CC(=O)Cc3ccccn3)nn2)C1.O=C(Cc1ccccn1)Cc1ccc([C@@H]2CCNC2)nn1. The molecule has 2 saturated heterocycles. The first-order chi connectivity index (χ1) is 25.3. The lowest BCUT2D eigenvalue weighted by molar-refractivity contribution is -0.134. The van der Waals surface area contributed by atoms with Crippen molar-refractivity contribution in [3.05, 3.63) is 107 Å². The summed E-state index contributed by atoms with van der Waals surface area (Å²) in [6.07, 6.45) is 6.20. The van der Waals surface area contributed by atoms with Crippen molar-refractivity contribution < 1.29 is 29.0 Å². The number of aromatic nitrogens is 6. The zero-order valence-corrected chi connectivity index (χ0v) is 30.8. The van der Waals surface area contributed by atoms with E-state index in [-0.39, 0.29) is 36.4 Å². The van der Waals surface area contributed by atoms with Crippen LogP contribution >= 0.6 is 0 Å². The number of pyridine rings is 2. The Morgan fingerprint density at radius 2 is 1.25 bits per heavy atom. The number of hydrogen-bond acceptors (Lipinski definition) is 12. The van der Waals surface area contributed by atoms with Crippen molar-refractivity contribution in [1.29, 1.82) is 0 Å². The highest BCUT2D eigenvalue weighted by molar-refractivity contribution is 5.82. The van der Waals surface area contributed by atoms with Gasteiger partial charge in [0.2, 0.25) is 0 Å². The molecule has 0 spiro atoms. The molecular formula is C39H48N8O6. The molecule has 6 rings (SSSR count). The van der Waals surface area contributed by atoms with E-state index in [1.54, 1.807) is 17.3 Å². The number of Topliss-reactive ketones (excluding diaryl/α,β-unsaturated/α-hetero) is 2. The number of hydrogen-bond donors (Lipinski definition) is 2. The number of ether oxygens (including phenoxy) is 1. The molecule has 0 radical (unpaired) electrons. The first-order valence-electron chi connectivity index (χ1n) is 17.7. The number of nitrogens with zero attached hydrogens (tertiary/aromatic N) is 7. The maximum atomic E-state index is 12.2. The molecule has 0 aliphatic carbocycles. The molecule has 280 valence electrons. The fourth-order valence-electron chi connectivity index (χ4n) is 5.70. The summed E-state index contributed by atoms with van der Waals surface area (Å²) in [5, 5.41) is 27.7. The van der Waals surface area contributed by atoms with Gasteiger partial charge in [0.1, 0.15) is 17.2 Å². The van der Waals surface area contributed by atoms with Crippen LogP contribution in [0.15, 0.2) is 73.1 Å². The van der Waals surface area contributed by atoms with Gasteiger partial charge in [0.05, 0.1) is 35.6 Å². The summed E-state index contributed by atoms with van der Waals surface area (Å²) in [6, 6.07) is 18.8. The topological polar surface area (TPSA) is 190 Å². The third-order valence-corrected chi connectivity index (χ3v) is 8.18. The number of rotatable bonds is 10. The molecule has 4 aromatic rings. The molecule has 2 aliphatic heterocycles. The first kappa shape index (κ1) is 40.3. The fraction of sp³-hybridized carbons (Fsp3) is 0.436. The highest BCUT2D eigenvalue weighted by Crippen LogP contribution is 2.27. The summed E-state index contributed by atoms with van der Waals surface area (Å²) in [7, 11) is 0. The zero-order valence-electron chi connectivity index (χ0n) is 30.8. The van der Waals surface area contributed by atoms with Crippen LogP contribution < -0.4 is 5.32 Å². The lowest BCUT2D eigenvalue weighted by Crippen LogP contribution is -2.35. The third-order valence-electron chi connectivity index (χ3n) is 8.18. The summed E-state index contributed by atoms with van der Waals surface area (Å²) in [5.74, 6) is -0.0786. The van der Waals surface area contributed by atoms with E-state index in [1.165, 1.54) is 0 Å². The summed E-state index contributed by atoms with van der Waals surface area (Å²) >= 11 is 0. The maximum Gasteiger partial charge on any atom is 0.410 e. The monoisotopic (exact) mass is 724 g/mol. The molecule has 53 heavy (non-hydrogen) atoms. The molecule has 0 saturated carbocycles. The second-order valence-corrected chi connectivity index (χ2v) is 13.9. The number of aliphatic carboxylic acids is 1. The Kier molecular flexibility index (Phi) is 15.1. The van der Waals surface area contributed by atoms with Gasteiger partial charge in [-0.1, -0.05) is 12.1 Å². The fourth-order valence-corrected chi connectivity index (χ4v) is 5.70. The van der Waals surface area contributed by atoms with Gasteiger partial charge in [0.15, 0.2) is 0 Å². The lowest BCUT2D eigenvalue weighted by Gasteiger charge is -2.24. The van der Waals surface area contributed by atoms with Crippen LogP contribution in [0.1, 0.15) is 86.5 Å². The molecule has 1 amide bonds. The van der Waals surface area contributed by atoms with Crippen LogP contribution in [0.2, 0.25) is 0 Å². The standard InChI is InChI=1S/C21H26N4O3.C16H18N4O.C2H4O2/c1-21(2,3)28-20(27)25-11-9-15(14-25)19-8-7-17(23-24-19)13-18(26)12-16-6-4-5-10-22-16;21-15(9-13-3-1-2-7-18-13)10-14-4-5-16(20-19-14)12-6-8-17-11-12;1-2(3)4/h4-8,10,15H,9,11-14H2,1-3H3;1-5,7,12,17H,6,8-11H2;1H3,(H,3,4)/t15-;12-;/m11./s1. The molecule has 0 aromatic carbocycles. The van der Waals surface area contributed by atoms with Crippen molar-refractivity contribution >= 4 is 23.6 Å². The second-order valence-electron chi connectivity index (χ2n) is 13.9. The van der Waals surface area contributed by atoms with Crippen LogP contribution in [-0.2, 0) is 44.8 Å². The predicted octanol–water partition coefficient (Wildman–Crippen LogP) is 4.34. The number of carboxylic acid groups (broad SMARTS) is 1. The molecule has 14 nitrogen and oxygen atoms in total. The first-order valence-corrected chi connectivity index (χ1v) is 17.7. The summed E-state index contributed by atoms with van der Waals surface area (Å²) in [6.45, 7) is 9.88. The van der Waals surface area contributed by atoms with E-state index in [0.29, 0.717) is 37.5 Å². The Labute approximate surface area is 309 Å². The molecule has 0 bridgehead atoms. The van der Waals surface area contributed by atoms with E-state index < -0.39 is 11.6 Å². The normalized spacial score (nSPS) is 16.4. The summed E-state index contributed by atoms with van der Waals surface area (Å²) < 4.78 is 5.43. The summed E-state index contributed by atoms with van der Waals surface area (Å²) in [5.41, 5.74) is 4.28. The van der Waals surface area contributed by atoms with Crippen molar-refractivity contribution in [3.8, 4) is 0 Å². The highest BCUT2D eigenvalue weighted by atomic mass is 16.6. The van der Waals surface area contributed by atoms with Gasteiger partial charge in [-0.3, -0.25) is 24.4 Å². The molecule has 2 aliphatic rings. The van der Waals surface area contributed by atoms with Crippen LogP contribution in [0.25, 0.3) is 0 Å². The molecule has 2 N–H and O–H groups in total. The zero-order chi connectivity index (χ0) is 38.2. The van der Waals surface area contributed by atoms with E-state index in [9.17, 15) is 14.4 Å². The number of likely N-dealkylation sites (tertiary alicyclic amines) is 1. The Bertz CT molecular complexity index is 1760. The van der Waals surface area contributed by atoms with E-state index in [1.807, 2.05) is 81.4 Å². The van der Waals surface area contributed by atoms with Gasteiger partial charge in [-0.05, 0) is 88.7 Å². The average Bonchev–Trinajstić information content (AvgIpc) is 3.83. The van der Waals surface area contributed by atoms with Crippen molar-refractivity contribution in [3.63, 3.8) is 0 Å². The molecule has 14 heteroatoms. The van der Waals surface area contributed by atoms with Crippen LogP contribution in [-0.4, -0.2) is 95.8 Å². The van der Waals surface area contributed by atoms with Crippen LogP contribution in [0.4, 0.5) is 4.79 Å². The molecule has 2 atom stereocenters. The van der Waals surface area contributed by atoms with Crippen LogP contribution in [0, 0.1) is 0 Å². The number of ketones is 2. The van der Waals surface area contributed by atoms with Crippen molar-refractivity contribution in [2.24, 2.45) is 0 Å². The molecule has 2 fully saturated rings. The largest absolute Gasteiger partial charge is 0.481 e. The quantitative estimate of drug-likeness (QED) is 0.235. The number of amides is 1. The van der Waals surface area contributed by atoms with Gasteiger partial charge in [0.25, 0.3) is 5.97 Å². The third kappa shape index (κ3) is 14.6. The van der Waals surface area contributed by atoms with E-state index >= 15 is 0 Å². The van der Waals surface area contributed by atoms with Crippen LogP contribution in [0.5, 0.6) is 0 Å². The minimum Gasteiger partial charge on any atom is -0.481 e. The van der Waals surface area contributed by atoms with E-state index in [4.69, 9.17) is 14.6 Å². The predicted molar refractivity (Wildman–Crippen MR) is 196 cm³/mol. The van der Waals surface area contributed by atoms with Crippen LogP contribution in [0.3, 0.4) is 0 Å². The molecule has 4 aromatic heterocycles. The molecule has 0 unspecified atom stereocenters. The number of nitrogens with one attached hydrogen (secondary N) is 1. The minimum absolute atomic E-state index is 0.0534. The highest BCUT2D eigenvalue weighted by Gasteiger charge is 2.31. The van der Waals surface area contributed by atoms with Gasteiger partial charge < -0.3 is 20.1 Å².